The van der Waals surface area contributed by atoms with Gasteiger partial charge in [0, 0.05) is 30.7 Å². The highest BCUT2D eigenvalue weighted by Crippen LogP contribution is 2.21. The molecule has 1 aromatic carbocycles. The van der Waals surface area contributed by atoms with Crippen LogP contribution in [0.2, 0.25) is 0 Å². The monoisotopic (exact) mass is 358 g/mol. The molecule has 0 fully saturated rings. The van der Waals surface area contributed by atoms with Gasteiger partial charge in [0.05, 0.1) is 11.9 Å². The van der Waals surface area contributed by atoms with E-state index in [9.17, 15) is 8.42 Å². The molecule has 1 atom stereocenters. The van der Waals surface area contributed by atoms with Crippen molar-refractivity contribution in [1.82, 2.24) is 19.1 Å². The number of aryl methyl sites for hydroxylation is 1. The first-order chi connectivity index (χ1) is 11.9. The van der Waals surface area contributed by atoms with Crippen LogP contribution in [0, 0.1) is 6.92 Å². The number of sulfonamides is 1. The van der Waals surface area contributed by atoms with E-state index in [1.165, 1.54) is 6.20 Å². The summed E-state index contributed by atoms with van der Waals surface area (Å²) in [6.07, 6.45) is 5.32. The zero-order valence-electron chi connectivity index (χ0n) is 14.5. The molecular weight excluding hydrogens is 336 g/mol. The third-order valence-electron chi connectivity index (χ3n) is 4.25. The minimum atomic E-state index is -3.63. The van der Waals surface area contributed by atoms with Crippen molar-refractivity contribution in [3.8, 4) is 5.69 Å². The van der Waals surface area contributed by atoms with Gasteiger partial charge >= 0.3 is 0 Å². The Kier molecular flexibility index (Phi) is 4.78. The van der Waals surface area contributed by atoms with Crippen molar-refractivity contribution in [3.63, 3.8) is 0 Å². The Bertz CT molecular complexity index is 959. The van der Waals surface area contributed by atoms with Gasteiger partial charge in [-0.25, -0.2) is 13.1 Å². The Labute approximate surface area is 148 Å². The highest BCUT2D eigenvalue weighted by atomic mass is 32.2. The fraction of sp³-hybridized carbons (Fsp3) is 0.278. The van der Waals surface area contributed by atoms with Gasteiger partial charge in [0.25, 0.3) is 0 Å². The standard InChI is InChI=1S/C18H22N4O2S/c1-4-22-15(3)18(13-19-22)25(23,24)20-14(2)16-8-7-9-17(12-16)21-10-5-6-11-21/h5-14,20H,4H2,1-3H3. The molecule has 25 heavy (non-hydrogen) atoms. The lowest BCUT2D eigenvalue weighted by Crippen LogP contribution is -2.27. The van der Waals surface area contributed by atoms with Crippen molar-refractivity contribution in [3.05, 3.63) is 66.2 Å². The summed E-state index contributed by atoms with van der Waals surface area (Å²) >= 11 is 0. The number of hydrogen-bond donors (Lipinski definition) is 1. The molecule has 132 valence electrons. The summed E-state index contributed by atoms with van der Waals surface area (Å²) < 4.78 is 31.8. The minimum absolute atomic E-state index is 0.225. The molecule has 3 rings (SSSR count). The molecule has 1 unspecified atom stereocenters. The van der Waals surface area contributed by atoms with Crippen molar-refractivity contribution in [1.29, 1.82) is 0 Å². The molecule has 0 aliphatic carbocycles. The SMILES string of the molecule is CCn1ncc(S(=O)(=O)NC(C)c2cccc(-n3cccc3)c2)c1C. The predicted molar refractivity (Wildman–Crippen MR) is 97.1 cm³/mol. The molecule has 0 saturated carbocycles. The van der Waals surface area contributed by atoms with E-state index < -0.39 is 10.0 Å². The molecule has 1 N–H and O–H groups in total. The van der Waals surface area contributed by atoms with Gasteiger partial charge in [0.15, 0.2) is 0 Å². The quantitative estimate of drug-likeness (QED) is 0.736. The van der Waals surface area contributed by atoms with Crippen molar-refractivity contribution in [2.45, 2.75) is 38.3 Å². The Morgan fingerprint density at radius 1 is 1.20 bits per heavy atom. The average Bonchev–Trinajstić information content (AvgIpc) is 3.24. The summed E-state index contributed by atoms with van der Waals surface area (Å²) in [5, 5.41) is 4.12. The molecule has 2 heterocycles. The van der Waals surface area contributed by atoms with Gasteiger partial charge in [-0.3, -0.25) is 4.68 Å². The van der Waals surface area contributed by atoms with Crippen LogP contribution < -0.4 is 4.72 Å². The lowest BCUT2D eigenvalue weighted by molar-refractivity contribution is 0.565. The topological polar surface area (TPSA) is 68.9 Å². The van der Waals surface area contributed by atoms with E-state index in [4.69, 9.17) is 0 Å². The average molecular weight is 358 g/mol. The van der Waals surface area contributed by atoms with Gasteiger partial charge in [-0.15, -0.1) is 0 Å². The van der Waals surface area contributed by atoms with Gasteiger partial charge in [-0.1, -0.05) is 12.1 Å². The predicted octanol–water partition coefficient (Wildman–Crippen LogP) is 3.04. The molecule has 2 aromatic heterocycles. The maximum Gasteiger partial charge on any atom is 0.244 e. The molecule has 0 spiro atoms. The van der Waals surface area contributed by atoms with Crippen molar-refractivity contribution < 1.29 is 8.42 Å². The normalized spacial score (nSPS) is 13.1. The fourth-order valence-corrected chi connectivity index (χ4v) is 4.25. The van der Waals surface area contributed by atoms with Crippen LogP contribution in [0.1, 0.15) is 31.1 Å². The van der Waals surface area contributed by atoms with Crippen LogP contribution in [0.4, 0.5) is 0 Å². The number of rotatable bonds is 6. The molecule has 0 saturated heterocycles. The lowest BCUT2D eigenvalue weighted by Gasteiger charge is -2.16. The maximum atomic E-state index is 12.7. The first kappa shape index (κ1) is 17.4. The van der Waals surface area contributed by atoms with Gasteiger partial charge in [0.1, 0.15) is 4.90 Å². The van der Waals surface area contributed by atoms with Gasteiger partial charge in [-0.05, 0) is 50.6 Å². The van der Waals surface area contributed by atoms with Gasteiger partial charge < -0.3 is 4.57 Å². The molecule has 3 aromatic rings. The summed E-state index contributed by atoms with van der Waals surface area (Å²) in [6, 6.07) is 11.4. The van der Waals surface area contributed by atoms with E-state index in [1.807, 2.05) is 67.2 Å². The van der Waals surface area contributed by atoms with Crippen molar-refractivity contribution >= 4 is 10.0 Å². The number of hydrogen-bond acceptors (Lipinski definition) is 3. The molecule has 6 nitrogen and oxygen atoms in total. The van der Waals surface area contributed by atoms with Gasteiger partial charge in [0.2, 0.25) is 10.0 Å². The van der Waals surface area contributed by atoms with E-state index in [0.717, 1.165) is 11.3 Å². The smallest absolute Gasteiger partial charge is 0.244 e. The maximum absolute atomic E-state index is 12.7. The van der Waals surface area contributed by atoms with Crippen LogP contribution >= 0.6 is 0 Å². The highest BCUT2D eigenvalue weighted by molar-refractivity contribution is 7.89. The van der Waals surface area contributed by atoms with Crippen molar-refractivity contribution in [2.75, 3.05) is 0 Å². The lowest BCUT2D eigenvalue weighted by atomic mass is 10.1. The van der Waals surface area contributed by atoms with E-state index in [-0.39, 0.29) is 10.9 Å². The Balaban J connectivity index is 1.85. The summed E-state index contributed by atoms with van der Waals surface area (Å²) in [5.74, 6) is 0. The van der Waals surface area contributed by atoms with Crippen LogP contribution in [0.5, 0.6) is 0 Å². The summed E-state index contributed by atoms with van der Waals surface area (Å²) in [5.41, 5.74) is 2.53. The Hall–Kier alpha value is -2.38. The number of nitrogens with one attached hydrogen (secondary N) is 1. The Morgan fingerprint density at radius 3 is 2.56 bits per heavy atom. The van der Waals surface area contributed by atoms with E-state index in [0.29, 0.717) is 12.2 Å². The minimum Gasteiger partial charge on any atom is -0.324 e. The largest absolute Gasteiger partial charge is 0.324 e. The molecule has 0 radical (unpaired) electrons. The van der Waals surface area contributed by atoms with Crippen molar-refractivity contribution in [2.24, 2.45) is 0 Å². The van der Waals surface area contributed by atoms with Crippen LogP contribution in [0.15, 0.2) is 59.9 Å². The second-order valence-electron chi connectivity index (χ2n) is 5.94. The molecule has 0 bridgehead atoms. The zero-order valence-corrected chi connectivity index (χ0v) is 15.4. The molecule has 0 aliphatic rings. The third kappa shape index (κ3) is 3.52. The molecular formula is C18H22N4O2S. The van der Waals surface area contributed by atoms with Crippen LogP contribution in [-0.4, -0.2) is 22.8 Å². The van der Waals surface area contributed by atoms with E-state index in [1.54, 1.807) is 11.6 Å². The number of nitrogens with zero attached hydrogens (tertiary/aromatic N) is 3. The summed E-state index contributed by atoms with van der Waals surface area (Å²) in [4.78, 5) is 0.225. The van der Waals surface area contributed by atoms with E-state index >= 15 is 0 Å². The zero-order chi connectivity index (χ0) is 18.0. The number of benzene rings is 1. The summed E-state index contributed by atoms with van der Waals surface area (Å²) in [7, 11) is -3.63. The van der Waals surface area contributed by atoms with Crippen LogP contribution in [0.25, 0.3) is 5.69 Å². The second-order valence-corrected chi connectivity index (χ2v) is 7.62. The highest BCUT2D eigenvalue weighted by Gasteiger charge is 2.23. The first-order valence-corrected chi connectivity index (χ1v) is 9.68. The van der Waals surface area contributed by atoms with Gasteiger partial charge in [-0.2, -0.15) is 5.10 Å². The van der Waals surface area contributed by atoms with Crippen LogP contribution in [-0.2, 0) is 16.6 Å². The number of aromatic nitrogens is 3. The molecule has 0 amide bonds. The Morgan fingerprint density at radius 2 is 1.92 bits per heavy atom. The molecule has 0 aliphatic heterocycles. The first-order valence-electron chi connectivity index (χ1n) is 8.20. The molecule has 7 heteroatoms. The second kappa shape index (κ2) is 6.85. The summed E-state index contributed by atoms with van der Waals surface area (Å²) in [6.45, 7) is 6.17. The third-order valence-corrected chi connectivity index (χ3v) is 5.90. The fourth-order valence-electron chi connectivity index (χ4n) is 2.84. The van der Waals surface area contributed by atoms with E-state index in [2.05, 4.69) is 9.82 Å². The van der Waals surface area contributed by atoms with Crippen LogP contribution in [0.3, 0.4) is 0 Å².